The number of rotatable bonds is 7. The maximum absolute atomic E-state index is 9.02. The van der Waals surface area contributed by atoms with Crippen LogP contribution in [0.3, 0.4) is 0 Å². The standard InChI is InChI=1S/C16H24O4/c1-16(2)19-12-15(20-16)14(9-6-10-17)18-11-13-7-4-3-5-8-13/h3-5,7-8,14-15,17H,6,9-12H2,1-2H3/t14-,15+/m1/s1. The van der Waals surface area contributed by atoms with Gasteiger partial charge in [-0.25, -0.2) is 0 Å². The molecule has 1 saturated heterocycles. The van der Waals surface area contributed by atoms with Crippen molar-refractivity contribution in [2.45, 2.75) is 51.3 Å². The molecule has 0 unspecified atom stereocenters. The van der Waals surface area contributed by atoms with Gasteiger partial charge in [-0.05, 0) is 32.3 Å². The fourth-order valence-electron chi connectivity index (χ4n) is 2.35. The molecule has 4 heteroatoms. The van der Waals surface area contributed by atoms with Crippen molar-refractivity contribution in [3.05, 3.63) is 35.9 Å². The lowest BCUT2D eigenvalue weighted by molar-refractivity contribution is -0.158. The van der Waals surface area contributed by atoms with Crippen LogP contribution >= 0.6 is 0 Å². The smallest absolute Gasteiger partial charge is 0.163 e. The van der Waals surface area contributed by atoms with Crippen molar-refractivity contribution >= 4 is 0 Å². The SMILES string of the molecule is CC1(C)OC[C@@H]([C@@H](CCCO)OCc2ccccc2)O1. The highest BCUT2D eigenvalue weighted by Gasteiger charge is 2.37. The lowest BCUT2D eigenvalue weighted by atomic mass is 10.1. The molecule has 20 heavy (non-hydrogen) atoms. The highest BCUT2D eigenvalue weighted by atomic mass is 16.7. The van der Waals surface area contributed by atoms with Gasteiger partial charge in [0.05, 0.1) is 19.3 Å². The maximum atomic E-state index is 9.02. The van der Waals surface area contributed by atoms with Gasteiger partial charge in [0, 0.05) is 6.61 Å². The highest BCUT2D eigenvalue weighted by Crippen LogP contribution is 2.27. The third-order valence-electron chi connectivity index (χ3n) is 3.40. The van der Waals surface area contributed by atoms with E-state index in [1.807, 2.05) is 44.2 Å². The molecule has 0 amide bonds. The van der Waals surface area contributed by atoms with Crippen molar-refractivity contribution in [3.8, 4) is 0 Å². The monoisotopic (exact) mass is 280 g/mol. The predicted octanol–water partition coefficient (Wildman–Crippen LogP) is 2.50. The molecular weight excluding hydrogens is 256 g/mol. The molecule has 0 saturated carbocycles. The molecule has 1 aliphatic rings. The van der Waals surface area contributed by atoms with Gasteiger partial charge in [0.15, 0.2) is 5.79 Å². The first-order valence-corrected chi connectivity index (χ1v) is 7.19. The van der Waals surface area contributed by atoms with Gasteiger partial charge in [0.25, 0.3) is 0 Å². The number of hydrogen-bond acceptors (Lipinski definition) is 4. The van der Waals surface area contributed by atoms with E-state index >= 15 is 0 Å². The first-order valence-electron chi connectivity index (χ1n) is 7.19. The van der Waals surface area contributed by atoms with E-state index in [0.29, 0.717) is 19.6 Å². The molecule has 1 aliphatic heterocycles. The average molecular weight is 280 g/mol. The Kier molecular flexibility index (Phi) is 5.54. The third-order valence-corrected chi connectivity index (χ3v) is 3.40. The molecule has 0 bridgehead atoms. The van der Waals surface area contributed by atoms with E-state index in [9.17, 15) is 0 Å². The summed E-state index contributed by atoms with van der Waals surface area (Å²) in [6.45, 7) is 5.08. The minimum Gasteiger partial charge on any atom is -0.396 e. The van der Waals surface area contributed by atoms with Crippen LogP contribution in [0.1, 0.15) is 32.3 Å². The fraction of sp³-hybridized carbons (Fsp3) is 0.625. The second-order valence-electron chi connectivity index (χ2n) is 5.57. The zero-order chi connectivity index (χ0) is 14.4. The number of benzene rings is 1. The Morgan fingerprint density at radius 2 is 2.10 bits per heavy atom. The third kappa shape index (κ3) is 4.56. The van der Waals surface area contributed by atoms with E-state index < -0.39 is 5.79 Å². The maximum Gasteiger partial charge on any atom is 0.163 e. The number of aliphatic hydroxyl groups excluding tert-OH is 1. The summed E-state index contributed by atoms with van der Waals surface area (Å²) < 4.78 is 17.5. The van der Waals surface area contributed by atoms with E-state index in [-0.39, 0.29) is 18.8 Å². The molecule has 0 radical (unpaired) electrons. The first kappa shape index (κ1) is 15.4. The van der Waals surface area contributed by atoms with Crippen molar-refractivity contribution in [3.63, 3.8) is 0 Å². The van der Waals surface area contributed by atoms with Gasteiger partial charge in [-0.15, -0.1) is 0 Å². The largest absolute Gasteiger partial charge is 0.396 e. The summed E-state index contributed by atoms with van der Waals surface area (Å²) in [4.78, 5) is 0. The molecule has 0 spiro atoms. The van der Waals surface area contributed by atoms with Crippen LogP contribution in [0.5, 0.6) is 0 Å². The first-order chi connectivity index (χ1) is 9.61. The minimum absolute atomic E-state index is 0.0517. The lowest BCUT2D eigenvalue weighted by Gasteiger charge is -2.24. The van der Waals surface area contributed by atoms with E-state index in [1.54, 1.807) is 0 Å². The van der Waals surface area contributed by atoms with Crippen LogP contribution in [0.4, 0.5) is 0 Å². The molecule has 1 N–H and O–H groups in total. The molecule has 1 aromatic rings. The number of hydrogen-bond donors (Lipinski definition) is 1. The Balaban J connectivity index is 1.90. The summed E-state index contributed by atoms with van der Waals surface area (Å²) in [6, 6.07) is 10.1. The molecule has 112 valence electrons. The van der Waals surface area contributed by atoms with Crippen molar-refractivity contribution in [2.75, 3.05) is 13.2 Å². The second-order valence-corrected chi connectivity index (χ2v) is 5.57. The topological polar surface area (TPSA) is 47.9 Å². The van der Waals surface area contributed by atoms with Gasteiger partial charge in [-0.1, -0.05) is 30.3 Å². The molecular formula is C16H24O4. The zero-order valence-electron chi connectivity index (χ0n) is 12.2. The van der Waals surface area contributed by atoms with Crippen LogP contribution in [0.15, 0.2) is 30.3 Å². The van der Waals surface area contributed by atoms with Crippen LogP contribution in [-0.4, -0.2) is 36.3 Å². The van der Waals surface area contributed by atoms with Gasteiger partial charge >= 0.3 is 0 Å². The zero-order valence-corrected chi connectivity index (χ0v) is 12.2. The molecule has 0 aromatic heterocycles. The molecule has 1 fully saturated rings. The second kappa shape index (κ2) is 7.18. The summed E-state index contributed by atoms with van der Waals surface area (Å²) in [6.07, 6.45) is 1.36. The van der Waals surface area contributed by atoms with E-state index in [1.165, 1.54) is 0 Å². The molecule has 2 atom stereocenters. The fourth-order valence-corrected chi connectivity index (χ4v) is 2.35. The Hall–Kier alpha value is -0.940. The average Bonchev–Trinajstić information content (AvgIpc) is 2.80. The van der Waals surface area contributed by atoms with Crippen molar-refractivity contribution in [1.29, 1.82) is 0 Å². The normalized spacial score (nSPS) is 22.9. The summed E-state index contributed by atoms with van der Waals surface area (Å²) in [5.74, 6) is -0.543. The van der Waals surface area contributed by atoms with Crippen LogP contribution in [-0.2, 0) is 20.8 Å². The molecule has 1 heterocycles. The van der Waals surface area contributed by atoms with Crippen LogP contribution in [0, 0.1) is 0 Å². The van der Waals surface area contributed by atoms with Gasteiger partial charge in [0.2, 0.25) is 0 Å². The van der Waals surface area contributed by atoms with E-state index in [2.05, 4.69) is 0 Å². The molecule has 4 nitrogen and oxygen atoms in total. The lowest BCUT2D eigenvalue weighted by Crippen LogP contribution is -2.33. The predicted molar refractivity (Wildman–Crippen MR) is 76.2 cm³/mol. The molecule has 0 aliphatic carbocycles. The van der Waals surface area contributed by atoms with Crippen molar-refractivity contribution in [2.24, 2.45) is 0 Å². The molecule has 2 rings (SSSR count). The van der Waals surface area contributed by atoms with Crippen LogP contribution in [0.25, 0.3) is 0 Å². The molecule has 1 aromatic carbocycles. The Labute approximate surface area is 120 Å². The van der Waals surface area contributed by atoms with E-state index in [0.717, 1.165) is 12.0 Å². The summed E-state index contributed by atoms with van der Waals surface area (Å²) in [5.41, 5.74) is 1.14. The van der Waals surface area contributed by atoms with Gasteiger partial charge in [0.1, 0.15) is 6.10 Å². The summed E-state index contributed by atoms with van der Waals surface area (Å²) in [5, 5.41) is 9.02. The van der Waals surface area contributed by atoms with Crippen molar-refractivity contribution in [1.82, 2.24) is 0 Å². The van der Waals surface area contributed by atoms with Gasteiger partial charge < -0.3 is 19.3 Å². The summed E-state index contributed by atoms with van der Waals surface area (Å²) in [7, 11) is 0. The number of ether oxygens (including phenoxy) is 3. The Bertz CT molecular complexity index is 391. The summed E-state index contributed by atoms with van der Waals surface area (Å²) >= 11 is 0. The number of aliphatic hydroxyl groups is 1. The van der Waals surface area contributed by atoms with E-state index in [4.69, 9.17) is 19.3 Å². The van der Waals surface area contributed by atoms with Crippen molar-refractivity contribution < 1.29 is 19.3 Å². The van der Waals surface area contributed by atoms with Gasteiger partial charge in [-0.2, -0.15) is 0 Å². The minimum atomic E-state index is -0.543. The van der Waals surface area contributed by atoms with Crippen LogP contribution in [0.2, 0.25) is 0 Å². The van der Waals surface area contributed by atoms with Crippen LogP contribution < -0.4 is 0 Å². The Morgan fingerprint density at radius 3 is 2.70 bits per heavy atom. The Morgan fingerprint density at radius 1 is 1.35 bits per heavy atom. The quantitative estimate of drug-likeness (QED) is 0.833. The van der Waals surface area contributed by atoms with Gasteiger partial charge in [-0.3, -0.25) is 0 Å². The highest BCUT2D eigenvalue weighted by molar-refractivity contribution is 5.13.